The van der Waals surface area contributed by atoms with Crippen LogP contribution in [0.3, 0.4) is 0 Å². The first kappa shape index (κ1) is 17.0. The lowest BCUT2D eigenvalue weighted by atomic mass is 9.50. The van der Waals surface area contributed by atoms with E-state index >= 15 is 0 Å². The van der Waals surface area contributed by atoms with Gasteiger partial charge >= 0.3 is 0 Å². The van der Waals surface area contributed by atoms with Crippen molar-refractivity contribution in [3.05, 3.63) is 58.6 Å². The molecule has 4 fully saturated rings. The molecule has 5 aliphatic rings. The lowest BCUT2D eigenvalue weighted by Gasteiger charge is -2.70. The Kier molecular flexibility index (Phi) is 3.11. The zero-order chi connectivity index (χ0) is 19.5. The molecular weight excluding hydrogens is 380 g/mol. The molecule has 4 heteroatoms. The lowest BCUT2D eigenvalue weighted by molar-refractivity contribution is -0.191. The van der Waals surface area contributed by atoms with Crippen LogP contribution in [-0.2, 0) is 11.8 Å². The summed E-state index contributed by atoms with van der Waals surface area (Å²) < 4.78 is 5.31. The SMILES string of the molecule is COc1ccc(CCN2c3ccc(Cl)cc3C34C(CC56CCC5N(C)C63)C24)cc1. The van der Waals surface area contributed by atoms with Gasteiger partial charge in [-0.15, -0.1) is 0 Å². The fourth-order valence-corrected chi connectivity index (χ4v) is 8.46. The number of nitrogens with zero attached hydrogens (tertiary/aromatic N) is 2. The summed E-state index contributed by atoms with van der Waals surface area (Å²) in [6.07, 6.45) is 5.35. The molecule has 2 aromatic rings. The molecule has 0 bridgehead atoms. The van der Waals surface area contributed by atoms with Crippen molar-refractivity contribution >= 4 is 17.3 Å². The molecule has 2 heterocycles. The van der Waals surface area contributed by atoms with E-state index in [1.165, 1.54) is 30.5 Å². The van der Waals surface area contributed by atoms with E-state index in [2.05, 4.69) is 59.3 Å². The summed E-state index contributed by atoms with van der Waals surface area (Å²) in [7, 11) is 4.10. The van der Waals surface area contributed by atoms with Crippen LogP contribution in [0.5, 0.6) is 5.75 Å². The van der Waals surface area contributed by atoms with E-state index in [0.717, 1.165) is 41.7 Å². The number of likely N-dealkylation sites (tertiary alicyclic amines) is 1. The smallest absolute Gasteiger partial charge is 0.118 e. The summed E-state index contributed by atoms with van der Waals surface area (Å²) in [5.41, 5.74) is 5.34. The van der Waals surface area contributed by atoms with Crippen LogP contribution in [0.15, 0.2) is 42.5 Å². The van der Waals surface area contributed by atoms with Crippen LogP contribution in [0.4, 0.5) is 5.69 Å². The fraction of sp³-hybridized carbons (Fsp3) is 0.520. The van der Waals surface area contributed by atoms with Crippen molar-refractivity contribution in [2.24, 2.45) is 11.3 Å². The van der Waals surface area contributed by atoms with Crippen LogP contribution in [0, 0.1) is 11.3 Å². The molecular formula is C25H27ClN2O. The molecule has 6 atom stereocenters. The highest BCUT2D eigenvalue weighted by molar-refractivity contribution is 6.30. The van der Waals surface area contributed by atoms with E-state index < -0.39 is 0 Å². The van der Waals surface area contributed by atoms with Crippen LogP contribution in [-0.4, -0.2) is 43.7 Å². The molecule has 0 radical (unpaired) electrons. The predicted molar refractivity (Wildman–Crippen MR) is 116 cm³/mol. The van der Waals surface area contributed by atoms with Gasteiger partial charge < -0.3 is 9.64 Å². The summed E-state index contributed by atoms with van der Waals surface area (Å²) >= 11 is 6.52. The average molecular weight is 407 g/mol. The molecule has 1 saturated heterocycles. The van der Waals surface area contributed by atoms with E-state index in [-0.39, 0.29) is 0 Å². The number of hydrogen-bond acceptors (Lipinski definition) is 3. The minimum Gasteiger partial charge on any atom is -0.497 e. The highest BCUT2D eigenvalue weighted by Crippen LogP contribution is 2.84. The molecule has 6 unspecified atom stereocenters. The van der Waals surface area contributed by atoms with Gasteiger partial charge in [0.15, 0.2) is 0 Å². The Morgan fingerprint density at radius 3 is 2.72 bits per heavy atom. The number of ether oxygens (including phenoxy) is 1. The summed E-state index contributed by atoms with van der Waals surface area (Å²) in [6.45, 7) is 1.08. The quantitative estimate of drug-likeness (QED) is 0.742. The third kappa shape index (κ3) is 1.78. The molecule has 150 valence electrons. The number of halogens is 1. The van der Waals surface area contributed by atoms with Gasteiger partial charge in [0.1, 0.15) is 5.75 Å². The average Bonchev–Trinajstić information content (AvgIpc) is 3.10. The lowest BCUT2D eigenvalue weighted by Crippen LogP contribution is -2.77. The first-order chi connectivity index (χ1) is 14.1. The van der Waals surface area contributed by atoms with Crippen molar-refractivity contribution in [3.63, 3.8) is 0 Å². The molecule has 3 saturated carbocycles. The summed E-state index contributed by atoms with van der Waals surface area (Å²) in [4.78, 5) is 5.45. The number of rotatable bonds is 4. The fourth-order valence-electron chi connectivity index (χ4n) is 8.29. The molecule has 0 amide bonds. The Hall–Kier alpha value is -1.71. The Balaban J connectivity index is 1.23. The number of methoxy groups -OCH3 is 1. The van der Waals surface area contributed by atoms with Crippen molar-refractivity contribution in [2.45, 2.75) is 49.2 Å². The third-order valence-corrected chi connectivity index (χ3v) is 9.52. The highest BCUT2D eigenvalue weighted by Gasteiger charge is 2.89. The maximum absolute atomic E-state index is 6.52. The predicted octanol–water partition coefficient (Wildman–Crippen LogP) is 4.51. The van der Waals surface area contributed by atoms with Gasteiger partial charge in [0.2, 0.25) is 0 Å². The Morgan fingerprint density at radius 1 is 1.17 bits per heavy atom. The Bertz CT molecular complexity index is 1020. The second-order valence-electron chi connectivity index (χ2n) is 10.00. The van der Waals surface area contributed by atoms with Gasteiger partial charge in [0.05, 0.1) is 7.11 Å². The van der Waals surface area contributed by atoms with Crippen molar-refractivity contribution in [3.8, 4) is 5.75 Å². The second-order valence-corrected chi connectivity index (χ2v) is 10.4. The van der Waals surface area contributed by atoms with Crippen LogP contribution in [0.1, 0.15) is 30.4 Å². The van der Waals surface area contributed by atoms with Crippen molar-refractivity contribution in [1.82, 2.24) is 4.90 Å². The first-order valence-corrected chi connectivity index (χ1v) is 11.4. The number of anilines is 1. The van der Waals surface area contributed by atoms with E-state index in [9.17, 15) is 0 Å². The van der Waals surface area contributed by atoms with Crippen molar-refractivity contribution in [2.75, 3.05) is 25.6 Å². The van der Waals surface area contributed by atoms with Gasteiger partial charge in [-0.2, -0.15) is 0 Å². The normalized spacial score (nSPS) is 40.2. The van der Waals surface area contributed by atoms with E-state index in [4.69, 9.17) is 16.3 Å². The summed E-state index contributed by atoms with van der Waals surface area (Å²) in [5, 5.41) is 0.896. The number of benzene rings is 2. The van der Waals surface area contributed by atoms with E-state index in [1.54, 1.807) is 12.7 Å². The molecule has 0 aromatic heterocycles. The standard InChI is InChI=1S/C25H27ClN2O/c1-27-21-9-11-24(21)14-19-22-25(19,23(24)27)18-13-16(26)5-8-20(18)28(22)12-10-15-3-6-17(29-2)7-4-15/h3-8,13,19,21-23H,9-12,14H2,1-2H3. The molecule has 29 heavy (non-hydrogen) atoms. The number of likely N-dealkylation sites (N-methyl/N-ethyl adjacent to an activating group) is 1. The molecule has 2 aromatic carbocycles. The molecule has 7 rings (SSSR count). The van der Waals surface area contributed by atoms with Gasteiger partial charge in [0.25, 0.3) is 0 Å². The number of fused-ring (bicyclic) bond motifs is 2. The van der Waals surface area contributed by atoms with Crippen LogP contribution < -0.4 is 9.64 Å². The van der Waals surface area contributed by atoms with Gasteiger partial charge in [-0.25, -0.2) is 0 Å². The zero-order valence-electron chi connectivity index (χ0n) is 17.1. The molecule has 2 spiro atoms. The van der Waals surface area contributed by atoms with Crippen LogP contribution in [0.25, 0.3) is 0 Å². The topological polar surface area (TPSA) is 15.7 Å². The second kappa shape index (κ2) is 5.31. The third-order valence-electron chi connectivity index (χ3n) is 9.29. The van der Waals surface area contributed by atoms with E-state index in [1.807, 2.05) is 0 Å². The van der Waals surface area contributed by atoms with Gasteiger partial charge in [-0.3, -0.25) is 4.90 Å². The van der Waals surface area contributed by atoms with Crippen LogP contribution >= 0.6 is 11.6 Å². The zero-order valence-corrected chi connectivity index (χ0v) is 17.8. The summed E-state index contributed by atoms with van der Waals surface area (Å²) in [5.74, 6) is 1.75. The molecule has 3 aliphatic carbocycles. The number of piperidine rings is 1. The summed E-state index contributed by atoms with van der Waals surface area (Å²) in [6, 6.07) is 17.5. The first-order valence-electron chi connectivity index (χ1n) is 11.0. The Labute approximate surface area is 177 Å². The monoisotopic (exact) mass is 406 g/mol. The minimum absolute atomic E-state index is 0.339. The van der Waals surface area contributed by atoms with Gasteiger partial charge in [-0.1, -0.05) is 23.7 Å². The number of hydrogen-bond donors (Lipinski definition) is 0. The molecule has 3 nitrogen and oxygen atoms in total. The molecule has 2 aliphatic heterocycles. The van der Waals surface area contributed by atoms with Gasteiger partial charge in [0, 0.05) is 46.2 Å². The van der Waals surface area contributed by atoms with Crippen molar-refractivity contribution in [1.29, 1.82) is 0 Å². The van der Waals surface area contributed by atoms with Gasteiger partial charge in [-0.05, 0) is 80.1 Å². The Morgan fingerprint density at radius 2 is 2.00 bits per heavy atom. The maximum Gasteiger partial charge on any atom is 0.118 e. The largest absolute Gasteiger partial charge is 0.497 e. The van der Waals surface area contributed by atoms with E-state index in [0.29, 0.717) is 16.9 Å². The van der Waals surface area contributed by atoms with Crippen LogP contribution in [0.2, 0.25) is 5.02 Å². The molecule has 0 N–H and O–H groups in total. The highest BCUT2D eigenvalue weighted by atomic mass is 35.5. The van der Waals surface area contributed by atoms with Crippen molar-refractivity contribution < 1.29 is 4.74 Å². The minimum atomic E-state index is 0.339. The maximum atomic E-state index is 6.52.